The van der Waals surface area contributed by atoms with Gasteiger partial charge in [-0.25, -0.2) is 0 Å². The highest BCUT2D eigenvalue weighted by molar-refractivity contribution is 5.83. The molecule has 3 rings (SSSR count). The molecule has 0 spiro atoms. The number of hydrogen-bond donors (Lipinski definition) is 1. The summed E-state index contributed by atoms with van der Waals surface area (Å²) in [5.41, 5.74) is 5.21. The molecule has 1 aliphatic rings. The van der Waals surface area contributed by atoms with Crippen molar-refractivity contribution in [2.45, 2.75) is 27.3 Å². The SMILES string of the molecule is Cc1cc(C)c2c(=O)c(CN3CCOCC3)c(C)[nH]c2c1. The molecule has 21 heavy (non-hydrogen) atoms. The normalized spacial score (nSPS) is 16.5. The molecule has 0 radical (unpaired) electrons. The number of aromatic amines is 1. The van der Waals surface area contributed by atoms with E-state index in [1.165, 1.54) is 5.56 Å². The van der Waals surface area contributed by atoms with Crippen LogP contribution >= 0.6 is 0 Å². The van der Waals surface area contributed by atoms with Gasteiger partial charge in [0.15, 0.2) is 5.43 Å². The van der Waals surface area contributed by atoms with Crippen LogP contribution in [-0.4, -0.2) is 36.2 Å². The van der Waals surface area contributed by atoms with E-state index in [-0.39, 0.29) is 5.43 Å². The largest absolute Gasteiger partial charge is 0.379 e. The second kappa shape index (κ2) is 5.62. The number of rotatable bonds is 2. The Bertz CT molecular complexity index is 728. The minimum absolute atomic E-state index is 0.172. The maximum atomic E-state index is 12.9. The van der Waals surface area contributed by atoms with Gasteiger partial charge in [-0.3, -0.25) is 9.69 Å². The third-order valence-corrected chi connectivity index (χ3v) is 4.24. The molecule has 4 heteroatoms. The molecule has 1 aliphatic heterocycles. The van der Waals surface area contributed by atoms with Crippen LogP contribution in [0.15, 0.2) is 16.9 Å². The zero-order valence-electron chi connectivity index (χ0n) is 13.0. The van der Waals surface area contributed by atoms with Gasteiger partial charge in [0.25, 0.3) is 0 Å². The number of morpholine rings is 1. The number of ether oxygens (including phenoxy) is 1. The van der Waals surface area contributed by atoms with Gasteiger partial charge in [-0.1, -0.05) is 6.07 Å². The number of aromatic nitrogens is 1. The molecule has 1 fully saturated rings. The first-order chi connectivity index (χ1) is 10.1. The third-order valence-electron chi connectivity index (χ3n) is 4.24. The average molecular weight is 286 g/mol. The Kier molecular flexibility index (Phi) is 3.83. The summed E-state index contributed by atoms with van der Waals surface area (Å²) < 4.78 is 5.37. The van der Waals surface area contributed by atoms with Crippen molar-refractivity contribution in [2.75, 3.05) is 26.3 Å². The first kappa shape index (κ1) is 14.3. The Morgan fingerprint density at radius 3 is 2.62 bits per heavy atom. The van der Waals surface area contributed by atoms with Crippen LogP contribution in [0.4, 0.5) is 0 Å². The number of fused-ring (bicyclic) bond motifs is 1. The lowest BCUT2D eigenvalue weighted by Gasteiger charge is -2.27. The van der Waals surface area contributed by atoms with Gasteiger partial charge in [0, 0.05) is 36.3 Å². The van der Waals surface area contributed by atoms with Crippen LogP contribution in [0.1, 0.15) is 22.4 Å². The van der Waals surface area contributed by atoms with E-state index in [2.05, 4.69) is 28.9 Å². The highest BCUT2D eigenvalue weighted by atomic mass is 16.5. The summed E-state index contributed by atoms with van der Waals surface area (Å²) >= 11 is 0. The van der Waals surface area contributed by atoms with Crippen LogP contribution in [0, 0.1) is 20.8 Å². The summed E-state index contributed by atoms with van der Waals surface area (Å²) in [5.74, 6) is 0. The molecule has 4 nitrogen and oxygen atoms in total. The lowest BCUT2D eigenvalue weighted by Crippen LogP contribution is -2.37. The summed E-state index contributed by atoms with van der Waals surface area (Å²) in [5, 5.41) is 0.828. The molecule has 1 N–H and O–H groups in total. The summed E-state index contributed by atoms with van der Waals surface area (Å²) in [4.78, 5) is 18.6. The highest BCUT2D eigenvalue weighted by Gasteiger charge is 2.16. The molecule has 0 amide bonds. The smallest absolute Gasteiger partial charge is 0.194 e. The standard InChI is InChI=1S/C17H22N2O2/c1-11-8-12(2)16-15(9-11)18-13(3)14(17(16)20)10-19-4-6-21-7-5-19/h8-9H,4-7,10H2,1-3H3,(H,18,20). The zero-order valence-corrected chi connectivity index (χ0v) is 13.0. The van der Waals surface area contributed by atoms with E-state index in [1.807, 2.05) is 13.8 Å². The lowest BCUT2D eigenvalue weighted by atomic mass is 10.0. The number of nitrogens with zero attached hydrogens (tertiary/aromatic N) is 1. The molecular formula is C17H22N2O2. The van der Waals surface area contributed by atoms with E-state index in [0.29, 0.717) is 6.54 Å². The molecule has 0 bridgehead atoms. The fraction of sp³-hybridized carbons (Fsp3) is 0.471. The van der Waals surface area contributed by atoms with Crippen molar-refractivity contribution in [2.24, 2.45) is 0 Å². The van der Waals surface area contributed by atoms with Crippen molar-refractivity contribution in [1.82, 2.24) is 9.88 Å². The minimum atomic E-state index is 0.172. The Morgan fingerprint density at radius 1 is 1.19 bits per heavy atom. The van der Waals surface area contributed by atoms with Crippen LogP contribution in [0.3, 0.4) is 0 Å². The van der Waals surface area contributed by atoms with Gasteiger partial charge in [-0.15, -0.1) is 0 Å². The quantitative estimate of drug-likeness (QED) is 0.921. The lowest BCUT2D eigenvalue weighted by molar-refractivity contribution is 0.0339. The Labute approximate surface area is 124 Å². The average Bonchev–Trinajstić information content (AvgIpc) is 2.43. The van der Waals surface area contributed by atoms with Crippen molar-refractivity contribution in [3.63, 3.8) is 0 Å². The fourth-order valence-electron chi connectivity index (χ4n) is 3.14. The van der Waals surface area contributed by atoms with Crippen molar-refractivity contribution in [3.8, 4) is 0 Å². The molecule has 1 aromatic heterocycles. The van der Waals surface area contributed by atoms with Gasteiger partial charge in [0.1, 0.15) is 0 Å². The summed E-state index contributed by atoms with van der Waals surface area (Å²) in [6, 6.07) is 4.13. The van der Waals surface area contributed by atoms with E-state index < -0.39 is 0 Å². The molecule has 0 saturated carbocycles. The molecule has 1 saturated heterocycles. The second-order valence-electron chi connectivity index (χ2n) is 5.95. The van der Waals surface area contributed by atoms with Crippen LogP contribution < -0.4 is 5.43 Å². The third kappa shape index (κ3) is 2.74. The number of hydrogen-bond acceptors (Lipinski definition) is 3. The Hall–Kier alpha value is -1.65. The zero-order chi connectivity index (χ0) is 15.0. The predicted molar refractivity (Wildman–Crippen MR) is 84.9 cm³/mol. The van der Waals surface area contributed by atoms with Gasteiger partial charge in [0.2, 0.25) is 0 Å². The monoisotopic (exact) mass is 286 g/mol. The van der Waals surface area contributed by atoms with Crippen molar-refractivity contribution < 1.29 is 4.74 Å². The van der Waals surface area contributed by atoms with Gasteiger partial charge in [0.05, 0.1) is 18.7 Å². The van der Waals surface area contributed by atoms with Crippen LogP contribution in [0.25, 0.3) is 10.9 Å². The van der Waals surface area contributed by atoms with Gasteiger partial charge in [-0.2, -0.15) is 0 Å². The van der Waals surface area contributed by atoms with Crippen molar-refractivity contribution >= 4 is 10.9 Å². The van der Waals surface area contributed by atoms with Crippen molar-refractivity contribution in [1.29, 1.82) is 0 Å². The van der Waals surface area contributed by atoms with E-state index in [9.17, 15) is 4.79 Å². The predicted octanol–water partition coefficient (Wildman–Crippen LogP) is 2.29. The molecule has 2 heterocycles. The van der Waals surface area contributed by atoms with Crippen LogP contribution in [0.2, 0.25) is 0 Å². The van der Waals surface area contributed by atoms with Crippen LogP contribution in [-0.2, 0) is 11.3 Å². The maximum Gasteiger partial charge on any atom is 0.194 e. The fourth-order valence-corrected chi connectivity index (χ4v) is 3.14. The molecule has 0 unspecified atom stereocenters. The highest BCUT2D eigenvalue weighted by Crippen LogP contribution is 2.18. The van der Waals surface area contributed by atoms with Crippen LogP contribution in [0.5, 0.6) is 0 Å². The Balaban J connectivity index is 2.08. The van der Waals surface area contributed by atoms with Gasteiger partial charge >= 0.3 is 0 Å². The summed E-state index contributed by atoms with van der Waals surface area (Å²) in [6.07, 6.45) is 0. The summed E-state index contributed by atoms with van der Waals surface area (Å²) in [7, 11) is 0. The minimum Gasteiger partial charge on any atom is -0.379 e. The molecule has 112 valence electrons. The van der Waals surface area contributed by atoms with E-state index in [4.69, 9.17) is 4.74 Å². The van der Waals surface area contributed by atoms with E-state index in [0.717, 1.165) is 54.0 Å². The number of aryl methyl sites for hydroxylation is 3. The van der Waals surface area contributed by atoms with E-state index >= 15 is 0 Å². The van der Waals surface area contributed by atoms with Crippen molar-refractivity contribution in [3.05, 3.63) is 44.7 Å². The molecule has 2 aromatic rings. The molecular weight excluding hydrogens is 264 g/mol. The second-order valence-corrected chi connectivity index (χ2v) is 5.95. The number of H-pyrrole nitrogens is 1. The number of pyridine rings is 1. The number of benzene rings is 1. The first-order valence-electron chi connectivity index (χ1n) is 7.49. The van der Waals surface area contributed by atoms with E-state index in [1.54, 1.807) is 0 Å². The number of nitrogens with one attached hydrogen (secondary N) is 1. The molecule has 0 atom stereocenters. The first-order valence-corrected chi connectivity index (χ1v) is 7.49. The topological polar surface area (TPSA) is 45.3 Å². The van der Waals surface area contributed by atoms with Gasteiger partial charge in [-0.05, 0) is 38.0 Å². The molecule has 1 aromatic carbocycles. The maximum absolute atomic E-state index is 12.9. The Morgan fingerprint density at radius 2 is 1.90 bits per heavy atom. The summed E-state index contributed by atoms with van der Waals surface area (Å²) in [6.45, 7) is 10.1. The molecule has 0 aliphatic carbocycles. The van der Waals surface area contributed by atoms with Gasteiger partial charge < -0.3 is 9.72 Å².